The van der Waals surface area contributed by atoms with Crippen LogP contribution in [0.25, 0.3) is 0 Å². The minimum Gasteiger partial charge on any atom is -0.497 e. The maximum absolute atomic E-state index is 13.0. The molecule has 1 saturated heterocycles. The Balaban J connectivity index is 1.65. The van der Waals surface area contributed by atoms with Crippen molar-refractivity contribution in [3.63, 3.8) is 0 Å². The Morgan fingerprint density at radius 1 is 1.21 bits per heavy atom. The molecule has 2 aromatic carbocycles. The van der Waals surface area contributed by atoms with Gasteiger partial charge in [0.1, 0.15) is 11.8 Å². The molecule has 0 aromatic heterocycles. The second-order valence-electron chi connectivity index (χ2n) is 8.06. The van der Waals surface area contributed by atoms with Crippen molar-refractivity contribution in [3.05, 3.63) is 59.7 Å². The molecule has 3 amide bonds. The Kier molecular flexibility index (Phi) is 7.67. The van der Waals surface area contributed by atoms with Gasteiger partial charge in [-0.05, 0) is 48.7 Å². The second-order valence-corrected chi connectivity index (χ2v) is 8.06. The normalized spacial score (nSPS) is 17.2. The van der Waals surface area contributed by atoms with Crippen LogP contribution in [-0.2, 0) is 16.0 Å². The van der Waals surface area contributed by atoms with Crippen LogP contribution in [0.4, 0.5) is 5.69 Å². The molecule has 0 saturated carbocycles. The van der Waals surface area contributed by atoms with Gasteiger partial charge in [-0.1, -0.05) is 25.1 Å². The van der Waals surface area contributed by atoms with Crippen LogP contribution in [0, 0.1) is 17.2 Å². The molecule has 1 N–H and O–H groups in total. The SMILES string of the molecule is CCc1cc(OC)cc(C(=O)N(C)CC(=O)N2CC(C(=O)Nc3ccccc3)CC2C#N)c1. The third-order valence-corrected chi connectivity index (χ3v) is 5.76. The van der Waals surface area contributed by atoms with Crippen LogP contribution in [0.5, 0.6) is 5.75 Å². The molecule has 0 aliphatic carbocycles. The lowest BCUT2D eigenvalue weighted by atomic mass is 10.1. The molecule has 0 spiro atoms. The van der Waals surface area contributed by atoms with Gasteiger partial charge in [-0.3, -0.25) is 14.4 Å². The second kappa shape index (κ2) is 10.6. The topological polar surface area (TPSA) is 103 Å². The van der Waals surface area contributed by atoms with E-state index >= 15 is 0 Å². The van der Waals surface area contributed by atoms with Gasteiger partial charge >= 0.3 is 0 Å². The average Bonchev–Trinajstić information content (AvgIpc) is 3.28. The van der Waals surface area contributed by atoms with Crippen LogP contribution >= 0.6 is 0 Å². The van der Waals surface area contributed by atoms with Crippen molar-refractivity contribution in [1.29, 1.82) is 5.26 Å². The number of hydrogen-bond donors (Lipinski definition) is 1. The predicted octanol–water partition coefficient (Wildman–Crippen LogP) is 2.71. The number of nitriles is 1. The molecular weight excluding hydrogens is 420 g/mol. The number of nitrogens with one attached hydrogen (secondary N) is 1. The number of rotatable bonds is 7. The fourth-order valence-electron chi connectivity index (χ4n) is 3.88. The number of anilines is 1. The zero-order chi connectivity index (χ0) is 24.0. The van der Waals surface area contributed by atoms with Crippen molar-refractivity contribution >= 4 is 23.4 Å². The summed E-state index contributed by atoms with van der Waals surface area (Å²) in [5, 5.41) is 12.4. The Morgan fingerprint density at radius 2 is 1.94 bits per heavy atom. The van der Waals surface area contributed by atoms with E-state index in [0.29, 0.717) is 17.0 Å². The molecule has 1 fully saturated rings. The summed E-state index contributed by atoms with van der Waals surface area (Å²) in [4.78, 5) is 41.2. The van der Waals surface area contributed by atoms with Gasteiger partial charge in [-0.25, -0.2) is 0 Å². The number of carbonyl (C=O) groups is 3. The van der Waals surface area contributed by atoms with E-state index in [1.54, 1.807) is 31.3 Å². The monoisotopic (exact) mass is 448 g/mol. The zero-order valence-corrected chi connectivity index (χ0v) is 19.1. The number of amides is 3. The fourth-order valence-corrected chi connectivity index (χ4v) is 3.88. The van der Waals surface area contributed by atoms with Crippen LogP contribution < -0.4 is 10.1 Å². The van der Waals surface area contributed by atoms with Crippen molar-refractivity contribution in [2.75, 3.05) is 32.6 Å². The van der Waals surface area contributed by atoms with Crippen molar-refractivity contribution in [2.24, 2.45) is 5.92 Å². The fraction of sp³-hybridized carbons (Fsp3) is 0.360. The molecule has 33 heavy (non-hydrogen) atoms. The number of para-hydroxylation sites is 1. The minimum absolute atomic E-state index is 0.136. The van der Waals surface area contributed by atoms with E-state index < -0.39 is 12.0 Å². The number of ether oxygens (including phenoxy) is 1. The van der Waals surface area contributed by atoms with Crippen LogP contribution in [0.1, 0.15) is 29.3 Å². The lowest BCUT2D eigenvalue weighted by molar-refractivity contribution is -0.131. The van der Waals surface area contributed by atoms with E-state index in [9.17, 15) is 19.6 Å². The molecule has 8 nitrogen and oxygen atoms in total. The van der Waals surface area contributed by atoms with Crippen LogP contribution in [0.2, 0.25) is 0 Å². The maximum atomic E-state index is 13.0. The molecule has 172 valence electrons. The Hall–Kier alpha value is -3.86. The van der Waals surface area contributed by atoms with E-state index in [-0.39, 0.29) is 37.2 Å². The number of hydrogen-bond acceptors (Lipinski definition) is 5. The average molecular weight is 449 g/mol. The highest BCUT2D eigenvalue weighted by Gasteiger charge is 2.39. The number of nitrogens with zero attached hydrogens (tertiary/aromatic N) is 3. The largest absolute Gasteiger partial charge is 0.497 e. The standard InChI is InChI=1S/C25H28N4O4/c1-4-17-10-18(13-22(11-17)33-3)25(32)28(2)16-23(30)29-15-19(12-21(29)14-26)24(31)27-20-8-6-5-7-9-20/h5-11,13,19,21H,4,12,15-16H2,1-3H3,(H,27,31). The van der Waals surface area contributed by atoms with Gasteiger partial charge in [0.2, 0.25) is 11.8 Å². The summed E-state index contributed by atoms with van der Waals surface area (Å²) in [6.45, 7) is 1.93. The highest BCUT2D eigenvalue weighted by atomic mass is 16.5. The third-order valence-electron chi connectivity index (χ3n) is 5.76. The Labute approximate surface area is 193 Å². The summed E-state index contributed by atoms with van der Waals surface area (Å²) in [6.07, 6.45) is 0.999. The highest BCUT2D eigenvalue weighted by molar-refractivity contribution is 5.97. The molecule has 1 heterocycles. The maximum Gasteiger partial charge on any atom is 0.254 e. The van der Waals surface area contributed by atoms with Crippen LogP contribution in [0.15, 0.2) is 48.5 Å². The first-order valence-corrected chi connectivity index (χ1v) is 10.8. The summed E-state index contributed by atoms with van der Waals surface area (Å²) in [5.41, 5.74) is 2.05. The number of benzene rings is 2. The summed E-state index contributed by atoms with van der Waals surface area (Å²) in [6, 6.07) is 15.7. The molecule has 2 aromatic rings. The summed E-state index contributed by atoms with van der Waals surface area (Å²) in [7, 11) is 3.08. The number of likely N-dealkylation sites (N-methyl/N-ethyl adjacent to an activating group) is 1. The molecule has 2 atom stereocenters. The summed E-state index contributed by atoms with van der Waals surface area (Å²) >= 11 is 0. The van der Waals surface area contributed by atoms with Crippen LogP contribution in [0.3, 0.4) is 0 Å². The smallest absolute Gasteiger partial charge is 0.254 e. The molecule has 0 radical (unpaired) electrons. The first-order chi connectivity index (χ1) is 15.9. The molecule has 1 aliphatic rings. The van der Waals surface area contributed by atoms with Gasteiger partial charge in [0.15, 0.2) is 0 Å². The molecule has 1 aliphatic heterocycles. The van der Waals surface area contributed by atoms with Gasteiger partial charge in [-0.2, -0.15) is 5.26 Å². The third kappa shape index (κ3) is 5.69. The van der Waals surface area contributed by atoms with Gasteiger partial charge in [-0.15, -0.1) is 0 Å². The van der Waals surface area contributed by atoms with Gasteiger partial charge in [0.25, 0.3) is 5.91 Å². The van der Waals surface area contributed by atoms with E-state index in [2.05, 4.69) is 11.4 Å². The van der Waals surface area contributed by atoms with E-state index in [1.165, 1.54) is 16.9 Å². The van der Waals surface area contributed by atoms with Crippen molar-refractivity contribution in [1.82, 2.24) is 9.80 Å². The molecule has 8 heteroatoms. The summed E-state index contributed by atoms with van der Waals surface area (Å²) in [5.74, 6) is -0.835. The lowest BCUT2D eigenvalue weighted by Crippen LogP contribution is -2.43. The molecule has 2 unspecified atom stereocenters. The van der Waals surface area contributed by atoms with Gasteiger partial charge in [0.05, 0.1) is 25.6 Å². The predicted molar refractivity (Wildman–Crippen MR) is 124 cm³/mol. The first kappa shape index (κ1) is 23.8. The van der Waals surface area contributed by atoms with Gasteiger partial charge in [0, 0.05) is 24.8 Å². The van der Waals surface area contributed by atoms with E-state index in [1.807, 2.05) is 31.2 Å². The molecule has 3 rings (SSSR count). The van der Waals surface area contributed by atoms with E-state index in [0.717, 1.165) is 12.0 Å². The first-order valence-electron chi connectivity index (χ1n) is 10.8. The highest BCUT2D eigenvalue weighted by Crippen LogP contribution is 2.25. The van der Waals surface area contributed by atoms with Gasteiger partial charge < -0.3 is 19.9 Å². The van der Waals surface area contributed by atoms with E-state index in [4.69, 9.17) is 4.74 Å². The zero-order valence-electron chi connectivity index (χ0n) is 19.1. The van der Waals surface area contributed by atoms with Crippen molar-refractivity contribution in [3.8, 4) is 11.8 Å². The number of likely N-dealkylation sites (tertiary alicyclic amines) is 1. The quantitative estimate of drug-likeness (QED) is 0.702. The summed E-state index contributed by atoms with van der Waals surface area (Å²) < 4.78 is 5.28. The number of aryl methyl sites for hydroxylation is 1. The molecular formula is C25H28N4O4. The van der Waals surface area contributed by atoms with Crippen molar-refractivity contribution < 1.29 is 19.1 Å². The Morgan fingerprint density at radius 3 is 2.58 bits per heavy atom. The number of methoxy groups -OCH3 is 1. The van der Waals surface area contributed by atoms with Crippen molar-refractivity contribution in [2.45, 2.75) is 25.8 Å². The lowest BCUT2D eigenvalue weighted by Gasteiger charge is -2.24. The molecule has 0 bridgehead atoms. The Bertz CT molecular complexity index is 1040. The minimum atomic E-state index is -0.712. The van der Waals surface area contributed by atoms with Crippen LogP contribution in [-0.4, -0.2) is 60.8 Å². The number of carbonyl (C=O) groups excluding carboxylic acids is 3.